The highest BCUT2D eigenvalue weighted by atomic mass is 16.5. The Balaban J connectivity index is 1.75. The molecular formula is C24H26N4O4. The number of carbonyl (C=O) groups excluding carboxylic acids is 2. The molecule has 166 valence electrons. The van der Waals surface area contributed by atoms with E-state index >= 15 is 0 Å². The minimum absolute atomic E-state index is 0.0488. The minimum atomic E-state index is -0.248. The molecule has 3 aromatic rings. The molecule has 0 unspecified atom stereocenters. The molecule has 0 aliphatic carbocycles. The van der Waals surface area contributed by atoms with Crippen molar-refractivity contribution in [2.24, 2.45) is 0 Å². The molecule has 1 aromatic heterocycles. The molecule has 4 rings (SSSR count). The van der Waals surface area contributed by atoms with Gasteiger partial charge in [0.1, 0.15) is 5.75 Å². The van der Waals surface area contributed by atoms with E-state index in [1.165, 1.54) is 6.92 Å². The Labute approximate surface area is 186 Å². The molecule has 0 atom stereocenters. The van der Waals surface area contributed by atoms with Crippen LogP contribution in [-0.2, 0) is 29.1 Å². The number of hydrogen-bond donors (Lipinski definition) is 1. The van der Waals surface area contributed by atoms with Crippen molar-refractivity contribution >= 4 is 11.8 Å². The maximum absolute atomic E-state index is 13.4. The molecule has 0 saturated carbocycles. The Hall–Kier alpha value is -3.81. The number of nitrogens with zero attached hydrogens (tertiary/aromatic N) is 3. The molecule has 2 amide bonds. The highest BCUT2D eigenvalue weighted by Crippen LogP contribution is 2.22. The van der Waals surface area contributed by atoms with E-state index in [9.17, 15) is 14.4 Å². The Morgan fingerprint density at radius 1 is 1.06 bits per heavy atom. The topological polar surface area (TPSA) is 85.6 Å². The number of aromatic nitrogens is 2. The SMILES string of the molecule is COc1ccc(-n2c(=O)c3c(n2Cc2ccccc2)CN(C(=O)CNC(C)=O)CC3)cc1. The summed E-state index contributed by atoms with van der Waals surface area (Å²) in [6.07, 6.45) is 0.470. The first-order valence-electron chi connectivity index (χ1n) is 10.5. The van der Waals surface area contributed by atoms with Crippen LogP contribution < -0.4 is 15.6 Å². The lowest BCUT2D eigenvalue weighted by Gasteiger charge is -2.28. The van der Waals surface area contributed by atoms with E-state index in [1.807, 2.05) is 59.3 Å². The lowest BCUT2D eigenvalue weighted by Crippen LogP contribution is -2.43. The summed E-state index contributed by atoms with van der Waals surface area (Å²) >= 11 is 0. The Morgan fingerprint density at radius 2 is 1.78 bits per heavy atom. The number of methoxy groups -OCH3 is 1. The minimum Gasteiger partial charge on any atom is -0.497 e. The van der Waals surface area contributed by atoms with E-state index in [-0.39, 0.29) is 23.9 Å². The van der Waals surface area contributed by atoms with Crippen molar-refractivity contribution in [3.05, 3.63) is 81.8 Å². The second kappa shape index (κ2) is 9.13. The molecule has 2 aromatic carbocycles. The molecule has 32 heavy (non-hydrogen) atoms. The van der Waals surface area contributed by atoms with Gasteiger partial charge in [-0.2, -0.15) is 0 Å². The van der Waals surface area contributed by atoms with Gasteiger partial charge >= 0.3 is 0 Å². The van der Waals surface area contributed by atoms with Gasteiger partial charge in [0, 0.05) is 19.0 Å². The van der Waals surface area contributed by atoms with Gasteiger partial charge in [0.25, 0.3) is 5.56 Å². The number of carbonyl (C=O) groups is 2. The number of nitrogens with one attached hydrogen (secondary N) is 1. The summed E-state index contributed by atoms with van der Waals surface area (Å²) in [6.45, 7) is 2.59. The second-order valence-electron chi connectivity index (χ2n) is 7.76. The molecule has 2 heterocycles. The molecule has 8 nitrogen and oxygen atoms in total. The third-order valence-electron chi connectivity index (χ3n) is 5.66. The fourth-order valence-corrected chi connectivity index (χ4v) is 4.00. The molecule has 1 aliphatic heterocycles. The first-order valence-corrected chi connectivity index (χ1v) is 10.5. The molecule has 1 aliphatic rings. The second-order valence-corrected chi connectivity index (χ2v) is 7.76. The Bertz CT molecular complexity index is 1180. The summed E-state index contributed by atoms with van der Waals surface area (Å²) in [7, 11) is 1.60. The highest BCUT2D eigenvalue weighted by molar-refractivity contribution is 5.83. The number of fused-ring (bicyclic) bond motifs is 1. The monoisotopic (exact) mass is 434 g/mol. The molecule has 0 spiro atoms. The van der Waals surface area contributed by atoms with Crippen LogP contribution in [0.5, 0.6) is 5.75 Å². The zero-order chi connectivity index (χ0) is 22.7. The van der Waals surface area contributed by atoms with Crippen molar-refractivity contribution in [3.8, 4) is 11.4 Å². The van der Waals surface area contributed by atoms with Crippen LogP contribution >= 0.6 is 0 Å². The van der Waals surface area contributed by atoms with Crippen molar-refractivity contribution in [1.82, 2.24) is 19.6 Å². The van der Waals surface area contributed by atoms with Gasteiger partial charge in [-0.15, -0.1) is 0 Å². The van der Waals surface area contributed by atoms with E-state index in [4.69, 9.17) is 4.74 Å². The fourth-order valence-electron chi connectivity index (χ4n) is 4.00. The van der Waals surface area contributed by atoms with Crippen LogP contribution in [0.4, 0.5) is 0 Å². The van der Waals surface area contributed by atoms with Gasteiger partial charge in [-0.25, -0.2) is 4.68 Å². The van der Waals surface area contributed by atoms with Crippen LogP contribution in [0.2, 0.25) is 0 Å². The fraction of sp³-hybridized carbons (Fsp3) is 0.292. The van der Waals surface area contributed by atoms with E-state index in [1.54, 1.807) is 16.7 Å². The summed E-state index contributed by atoms with van der Waals surface area (Å²) in [5, 5.41) is 2.56. The summed E-state index contributed by atoms with van der Waals surface area (Å²) in [6, 6.07) is 17.3. The van der Waals surface area contributed by atoms with Crippen molar-refractivity contribution in [3.63, 3.8) is 0 Å². The predicted molar refractivity (Wildman–Crippen MR) is 120 cm³/mol. The van der Waals surface area contributed by atoms with Gasteiger partial charge in [0.2, 0.25) is 11.8 Å². The van der Waals surface area contributed by atoms with Gasteiger partial charge in [-0.05, 0) is 36.2 Å². The zero-order valence-corrected chi connectivity index (χ0v) is 18.2. The first-order chi connectivity index (χ1) is 15.5. The summed E-state index contributed by atoms with van der Waals surface area (Å²) in [5.74, 6) is 0.298. The lowest BCUT2D eigenvalue weighted by molar-refractivity contribution is -0.133. The van der Waals surface area contributed by atoms with E-state index in [2.05, 4.69) is 5.32 Å². The summed E-state index contributed by atoms with van der Waals surface area (Å²) in [5.41, 5.74) is 3.25. The van der Waals surface area contributed by atoms with E-state index in [0.29, 0.717) is 31.8 Å². The van der Waals surface area contributed by atoms with Gasteiger partial charge in [-0.3, -0.25) is 19.1 Å². The van der Waals surface area contributed by atoms with Crippen LogP contribution in [-0.4, -0.2) is 46.3 Å². The maximum Gasteiger partial charge on any atom is 0.275 e. The average molecular weight is 434 g/mol. The van der Waals surface area contributed by atoms with Gasteiger partial charge in [0.05, 0.1) is 38.1 Å². The molecule has 0 radical (unpaired) electrons. The number of amides is 2. The van der Waals surface area contributed by atoms with Crippen LogP contribution in [0.15, 0.2) is 59.4 Å². The van der Waals surface area contributed by atoms with Crippen LogP contribution in [0.3, 0.4) is 0 Å². The van der Waals surface area contributed by atoms with Crippen LogP contribution in [0.1, 0.15) is 23.7 Å². The zero-order valence-electron chi connectivity index (χ0n) is 18.2. The number of hydrogen-bond acceptors (Lipinski definition) is 4. The van der Waals surface area contributed by atoms with Crippen molar-refractivity contribution in [2.45, 2.75) is 26.4 Å². The predicted octanol–water partition coefficient (Wildman–Crippen LogP) is 1.72. The largest absolute Gasteiger partial charge is 0.497 e. The van der Waals surface area contributed by atoms with Crippen molar-refractivity contribution in [1.29, 1.82) is 0 Å². The standard InChI is InChI=1S/C24H26N4O4/c1-17(29)25-14-23(30)26-13-12-21-22(16-26)27(15-18-6-4-3-5-7-18)28(24(21)31)19-8-10-20(32-2)11-9-19/h3-11H,12-16H2,1-2H3,(H,25,29). The number of rotatable bonds is 6. The van der Waals surface area contributed by atoms with Gasteiger partial charge in [0.15, 0.2) is 0 Å². The van der Waals surface area contributed by atoms with Gasteiger partial charge < -0.3 is 15.0 Å². The van der Waals surface area contributed by atoms with E-state index < -0.39 is 0 Å². The Morgan fingerprint density at radius 3 is 2.44 bits per heavy atom. The van der Waals surface area contributed by atoms with Crippen molar-refractivity contribution < 1.29 is 14.3 Å². The van der Waals surface area contributed by atoms with E-state index in [0.717, 1.165) is 22.5 Å². The van der Waals surface area contributed by atoms with Crippen LogP contribution in [0.25, 0.3) is 5.69 Å². The Kier molecular flexibility index (Phi) is 6.11. The molecule has 0 saturated heterocycles. The maximum atomic E-state index is 13.4. The molecule has 0 bridgehead atoms. The summed E-state index contributed by atoms with van der Waals surface area (Å²) in [4.78, 5) is 38.9. The lowest BCUT2D eigenvalue weighted by atomic mass is 10.1. The molecule has 1 N–H and O–H groups in total. The normalized spacial score (nSPS) is 12.9. The van der Waals surface area contributed by atoms with Gasteiger partial charge in [-0.1, -0.05) is 30.3 Å². The highest BCUT2D eigenvalue weighted by Gasteiger charge is 2.29. The number of benzene rings is 2. The molecular weight excluding hydrogens is 408 g/mol. The molecule has 0 fully saturated rings. The number of ether oxygens (including phenoxy) is 1. The van der Waals surface area contributed by atoms with Crippen molar-refractivity contribution in [2.75, 3.05) is 20.2 Å². The van der Waals surface area contributed by atoms with Crippen LogP contribution in [0, 0.1) is 0 Å². The average Bonchev–Trinajstić information content (AvgIpc) is 3.09. The smallest absolute Gasteiger partial charge is 0.275 e. The quantitative estimate of drug-likeness (QED) is 0.640. The third-order valence-corrected chi connectivity index (χ3v) is 5.66. The summed E-state index contributed by atoms with van der Waals surface area (Å²) < 4.78 is 8.88. The molecule has 8 heteroatoms. The third kappa shape index (κ3) is 4.30. The first kappa shape index (κ1) is 21.4.